The highest BCUT2D eigenvalue weighted by atomic mass is 19.3. The first-order valence-electron chi connectivity index (χ1n) is 5.49. The maximum Gasteiger partial charge on any atom is 0.325 e. The first-order chi connectivity index (χ1) is 8.09. The molecule has 2 nitrogen and oxygen atoms in total. The number of carbonyl (C=O) groups excluding carboxylic acids is 1. The molecule has 0 unspecified atom stereocenters. The molecule has 2 rings (SSSR count). The molecule has 17 heavy (non-hydrogen) atoms. The van der Waals surface area contributed by atoms with Crippen molar-refractivity contribution in [3.63, 3.8) is 0 Å². The smallest absolute Gasteiger partial charge is 0.310 e. The minimum Gasteiger partial charge on any atom is -0.310 e. The Morgan fingerprint density at radius 3 is 2.65 bits per heavy atom. The molecule has 1 amide bonds. The van der Waals surface area contributed by atoms with Gasteiger partial charge in [-0.1, -0.05) is 36.4 Å². The van der Waals surface area contributed by atoms with Crippen LogP contribution >= 0.6 is 0 Å². The summed E-state index contributed by atoms with van der Waals surface area (Å²) in [5.41, 5.74) is 0.836. The molecule has 0 atom stereocenters. The molecule has 0 saturated carbocycles. The normalized spacial score (nSPS) is 19.2. The van der Waals surface area contributed by atoms with Gasteiger partial charge in [0.1, 0.15) is 0 Å². The van der Waals surface area contributed by atoms with Crippen LogP contribution in [0.2, 0.25) is 0 Å². The Hall–Kier alpha value is -1.71. The van der Waals surface area contributed by atoms with Gasteiger partial charge in [-0.2, -0.15) is 8.78 Å². The Bertz CT molecular complexity index is 428. The van der Waals surface area contributed by atoms with E-state index in [9.17, 15) is 13.6 Å². The van der Waals surface area contributed by atoms with Gasteiger partial charge in [-0.25, -0.2) is 0 Å². The highest BCUT2D eigenvalue weighted by molar-refractivity contribution is 5.84. The third-order valence-corrected chi connectivity index (χ3v) is 2.68. The summed E-state index contributed by atoms with van der Waals surface area (Å²) >= 11 is 0. The van der Waals surface area contributed by atoms with Gasteiger partial charge in [0.05, 0.1) is 6.54 Å². The second kappa shape index (κ2) is 4.65. The van der Waals surface area contributed by atoms with Crippen molar-refractivity contribution in [2.24, 2.45) is 0 Å². The van der Waals surface area contributed by atoms with E-state index in [-0.39, 0.29) is 13.0 Å². The van der Waals surface area contributed by atoms with Crippen molar-refractivity contribution in [3.05, 3.63) is 48.2 Å². The molecule has 0 bridgehead atoms. The number of benzene rings is 1. The molecule has 1 heterocycles. The summed E-state index contributed by atoms with van der Waals surface area (Å²) in [5, 5.41) is 0. The lowest BCUT2D eigenvalue weighted by Gasteiger charge is -2.21. The van der Waals surface area contributed by atoms with Crippen LogP contribution in [0.5, 0.6) is 0 Å². The zero-order valence-electron chi connectivity index (χ0n) is 9.27. The summed E-state index contributed by atoms with van der Waals surface area (Å²) in [5.74, 6) is -4.37. The number of rotatable bonds is 2. The van der Waals surface area contributed by atoms with Gasteiger partial charge in [0.2, 0.25) is 0 Å². The standard InChI is InChI=1S/C13H13F2NO/c14-13(15)8-4-5-9-16(12(13)17)10-11-6-2-1-3-7-11/h1-3,5-7,9H,4,8,10H2. The molecule has 0 spiro atoms. The van der Waals surface area contributed by atoms with Crippen molar-refractivity contribution in [1.29, 1.82) is 0 Å². The molecule has 4 heteroatoms. The van der Waals surface area contributed by atoms with E-state index in [2.05, 4.69) is 0 Å². The summed E-state index contributed by atoms with van der Waals surface area (Å²) in [6, 6.07) is 9.10. The molecule has 0 saturated heterocycles. The highest BCUT2D eigenvalue weighted by Crippen LogP contribution is 2.27. The molecule has 0 aliphatic carbocycles. The predicted octanol–water partition coefficient (Wildman–Crippen LogP) is 2.96. The largest absolute Gasteiger partial charge is 0.325 e. The van der Waals surface area contributed by atoms with Crippen molar-refractivity contribution in [2.45, 2.75) is 25.3 Å². The van der Waals surface area contributed by atoms with E-state index in [1.165, 1.54) is 6.20 Å². The molecule has 0 radical (unpaired) electrons. The number of hydrogen-bond donors (Lipinski definition) is 0. The van der Waals surface area contributed by atoms with Gasteiger partial charge in [0.25, 0.3) is 5.91 Å². The molecule has 0 aromatic heterocycles. The van der Waals surface area contributed by atoms with Crippen LogP contribution in [0.4, 0.5) is 8.78 Å². The monoisotopic (exact) mass is 237 g/mol. The van der Waals surface area contributed by atoms with Crippen LogP contribution in [0.15, 0.2) is 42.6 Å². The third-order valence-electron chi connectivity index (χ3n) is 2.68. The average Bonchev–Trinajstić information content (AvgIpc) is 2.44. The third kappa shape index (κ3) is 2.70. The Balaban J connectivity index is 2.17. The number of halogens is 2. The molecular weight excluding hydrogens is 224 g/mol. The number of amides is 1. The van der Waals surface area contributed by atoms with Gasteiger partial charge in [-0.15, -0.1) is 0 Å². The Morgan fingerprint density at radius 1 is 1.24 bits per heavy atom. The molecule has 1 aliphatic rings. The second-order valence-electron chi connectivity index (χ2n) is 4.05. The summed E-state index contributed by atoms with van der Waals surface area (Å²) in [7, 11) is 0. The van der Waals surface area contributed by atoms with E-state index in [4.69, 9.17) is 0 Å². The predicted molar refractivity (Wildman–Crippen MR) is 60.3 cm³/mol. The van der Waals surface area contributed by atoms with Crippen LogP contribution in [0.25, 0.3) is 0 Å². The fourth-order valence-corrected chi connectivity index (χ4v) is 1.76. The van der Waals surface area contributed by atoms with Crippen LogP contribution in [0, 0.1) is 0 Å². The summed E-state index contributed by atoms with van der Waals surface area (Å²) < 4.78 is 26.8. The zero-order chi connectivity index (χ0) is 12.3. The number of hydrogen-bond acceptors (Lipinski definition) is 1. The summed E-state index contributed by atoms with van der Waals surface area (Å²) in [4.78, 5) is 12.7. The Labute approximate surface area is 98.5 Å². The number of alkyl halides is 2. The van der Waals surface area contributed by atoms with E-state index in [1.807, 2.05) is 30.3 Å². The average molecular weight is 237 g/mol. The van der Waals surface area contributed by atoms with Crippen LogP contribution in [0.1, 0.15) is 18.4 Å². The molecule has 0 N–H and O–H groups in total. The molecule has 1 aromatic carbocycles. The number of carbonyl (C=O) groups is 1. The van der Waals surface area contributed by atoms with Crippen molar-refractivity contribution < 1.29 is 13.6 Å². The van der Waals surface area contributed by atoms with Crippen LogP contribution in [-0.4, -0.2) is 16.7 Å². The lowest BCUT2D eigenvalue weighted by atomic mass is 10.1. The highest BCUT2D eigenvalue weighted by Gasteiger charge is 2.41. The van der Waals surface area contributed by atoms with Gasteiger partial charge in [-0.3, -0.25) is 4.79 Å². The van der Waals surface area contributed by atoms with Gasteiger partial charge in [-0.05, 0) is 12.0 Å². The maximum atomic E-state index is 13.4. The molecule has 90 valence electrons. The second-order valence-corrected chi connectivity index (χ2v) is 4.05. The van der Waals surface area contributed by atoms with Crippen molar-refractivity contribution in [1.82, 2.24) is 4.90 Å². The fourth-order valence-electron chi connectivity index (χ4n) is 1.76. The molecule has 1 aliphatic heterocycles. The van der Waals surface area contributed by atoms with Gasteiger partial charge < -0.3 is 4.90 Å². The van der Waals surface area contributed by atoms with E-state index in [0.29, 0.717) is 0 Å². The van der Waals surface area contributed by atoms with Crippen LogP contribution < -0.4 is 0 Å². The lowest BCUT2D eigenvalue weighted by molar-refractivity contribution is -0.155. The Kier molecular flexibility index (Phi) is 3.22. The fraction of sp³-hybridized carbons (Fsp3) is 0.308. The summed E-state index contributed by atoms with van der Waals surface area (Å²) in [6.45, 7) is 0.186. The van der Waals surface area contributed by atoms with Crippen molar-refractivity contribution in [3.8, 4) is 0 Å². The minimum absolute atomic E-state index is 0.186. The maximum absolute atomic E-state index is 13.4. The molecule has 1 aromatic rings. The number of nitrogens with zero attached hydrogens (tertiary/aromatic N) is 1. The quantitative estimate of drug-likeness (QED) is 0.774. The van der Waals surface area contributed by atoms with Crippen LogP contribution in [0.3, 0.4) is 0 Å². The minimum atomic E-state index is -3.25. The van der Waals surface area contributed by atoms with E-state index < -0.39 is 18.3 Å². The van der Waals surface area contributed by atoms with Gasteiger partial charge in [0, 0.05) is 12.6 Å². The Morgan fingerprint density at radius 2 is 1.94 bits per heavy atom. The molecule has 0 fully saturated rings. The SMILES string of the molecule is O=C1N(Cc2ccccc2)C=CCCC1(F)F. The van der Waals surface area contributed by atoms with Gasteiger partial charge >= 0.3 is 5.92 Å². The van der Waals surface area contributed by atoms with Gasteiger partial charge in [0.15, 0.2) is 0 Å². The van der Waals surface area contributed by atoms with E-state index in [0.717, 1.165) is 10.5 Å². The topological polar surface area (TPSA) is 20.3 Å². The first kappa shape index (κ1) is 11.8. The van der Waals surface area contributed by atoms with Crippen LogP contribution in [-0.2, 0) is 11.3 Å². The summed E-state index contributed by atoms with van der Waals surface area (Å²) in [6.07, 6.45) is 2.88. The van der Waals surface area contributed by atoms with Crippen molar-refractivity contribution >= 4 is 5.91 Å². The number of allylic oxidation sites excluding steroid dienone is 1. The molecular formula is C13H13F2NO. The zero-order valence-corrected chi connectivity index (χ0v) is 9.27. The van der Waals surface area contributed by atoms with E-state index in [1.54, 1.807) is 6.08 Å². The lowest BCUT2D eigenvalue weighted by Crippen LogP contribution is -2.39. The van der Waals surface area contributed by atoms with E-state index >= 15 is 0 Å². The first-order valence-corrected chi connectivity index (χ1v) is 5.49. The van der Waals surface area contributed by atoms with Crippen molar-refractivity contribution in [2.75, 3.05) is 0 Å².